The van der Waals surface area contributed by atoms with Gasteiger partial charge in [0.2, 0.25) is 0 Å². The SMILES string of the molecule is Cn1nc(C2CCN(Cc3cccnc3)CC2)n(C2CC2)c1=O. The third-order valence-corrected chi connectivity index (χ3v) is 4.98. The Kier molecular flexibility index (Phi) is 3.77. The third-order valence-electron chi connectivity index (χ3n) is 4.98. The second-order valence-corrected chi connectivity index (χ2v) is 6.78. The minimum absolute atomic E-state index is 0.0558. The molecule has 0 aromatic carbocycles. The van der Waals surface area contributed by atoms with E-state index in [0.29, 0.717) is 12.0 Å². The Morgan fingerprint density at radius 1 is 1.22 bits per heavy atom. The summed E-state index contributed by atoms with van der Waals surface area (Å²) in [5, 5.41) is 4.54. The van der Waals surface area contributed by atoms with E-state index in [0.717, 1.165) is 51.1 Å². The maximum atomic E-state index is 12.3. The highest BCUT2D eigenvalue weighted by Crippen LogP contribution is 2.37. The molecule has 2 aromatic rings. The first kappa shape index (κ1) is 14.6. The van der Waals surface area contributed by atoms with Crippen LogP contribution < -0.4 is 5.69 Å². The lowest BCUT2D eigenvalue weighted by molar-refractivity contribution is 0.199. The molecule has 1 saturated heterocycles. The molecule has 2 aromatic heterocycles. The number of aryl methyl sites for hydroxylation is 1. The summed E-state index contributed by atoms with van der Waals surface area (Å²) in [4.78, 5) is 18.9. The molecule has 6 heteroatoms. The summed E-state index contributed by atoms with van der Waals surface area (Å²) in [6, 6.07) is 4.52. The van der Waals surface area contributed by atoms with E-state index in [1.165, 1.54) is 10.2 Å². The molecule has 3 heterocycles. The molecule has 122 valence electrons. The van der Waals surface area contributed by atoms with E-state index in [-0.39, 0.29) is 5.69 Å². The fourth-order valence-electron chi connectivity index (χ4n) is 3.55. The highest BCUT2D eigenvalue weighted by molar-refractivity contribution is 5.09. The van der Waals surface area contributed by atoms with E-state index >= 15 is 0 Å². The number of piperidine rings is 1. The minimum atomic E-state index is 0.0558. The maximum Gasteiger partial charge on any atom is 0.345 e. The van der Waals surface area contributed by atoms with Crippen LogP contribution in [-0.4, -0.2) is 37.3 Å². The van der Waals surface area contributed by atoms with Crippen LogP contribution in [0.25, 0.3) is 0 Å². The molecule has 0 unspecified atom stereocenters. The van der Waals surface area contributed by atoms with Crippen LogP contribution in [0.4, 0.5) is 0 Å². The van der Waals surface area contributed by atoms with Gasteiger partial charge in [0.25, 0.3) is 0 Å². The second kappa shape index (κ2) is 5.92. The number of aromatic nitrogens is 4. The molecule has 6 nitrogen and oxygen atoms in total. The summed E-state index contributed by atoms with van der Waals surface area (Å²) in [5.74, 6) is 1.43. The van der Waals surface area contributed by atoms with Crippen molar-refractivity contribution in [1.82, 2.24) is 24.2 Å². The first-order chi connectivity index (χ1) is 11.2. The van der Waals surface area contributed by atoms with Gasteiger partial charge in [0.05, 0.1) is 0 Å². The normalized spacial score (nSPS) is 20.0. The summed E-state index contributed by atoms with van der Waals surface area (Å²) < 4.78 is 3.47. The van der Waals surface area contributed by atoms with Crippen LogP contribution in [0.1, 0.15) is 49.0 Å². The summed E-state index contributed by atoms with van der Waals surface area (Å²) in [6.07, 6.45) is 8.15. The molecule has 0 atom stereocenters. The second-order valence-electron chi connectivity index (χ2n) is 6.78. The molecular formula is C17H23N5O. The van der Waals surface area contributed by atoms with E-state index < -0.39 is 0 Å². The summed E-state index contributed by atoms with van der Waals surface area (Å²) in [7, 11) is 1.77. The number of pyridine rings is 1. The minimum Gasteiger partial charge on any atom is -0.299 e. The predicted molar refractivity (Wildman–Crippen MR) is 87.2 cm³/mol. The van der Waals surface area contributed by atoms with Gasteiger partial charge in [-0.1, -0.05) is 6.07 Å². The van der Waals surface area contributed by atoms with Crippen LogP contribution in [0, 0.1) is 0 Å². The zero-order valence-corrected chi connectivity index (χ0v) is 13.6. The molecule has 0 bridgehead atoms. The zero-order valence-electron chi connectivity index (χ0n) is 13.6. The number of hydrogen-bond acceptors (Lipinski definition) is 4. The van der Waals surface area contributed by atoms with Gasteiger partial charge in [-0.2, -0.15) is 5.10 Å². The molecule has 0 N–H and O–H groups in total. The summed E-state index contributed by atoms with van der Waals surface area (Å²) in [5.41, 5.74) is 1.32. The molecule has 0 spiro atoms. The number of likely N-dealkylation sites (tertiary alicyclic amines) is 1. The Morgan fingerprint density at radius 3 is 2.65 bits per heavy atom. The number of hydrogen-bond donors (Lipinski definition) is 0. The molecule has 1 aliphatic heterocycles. The molecular weight excluding hydrogens is 290 g/mol. The lowest BCUT2D eigenvalue weighted by Gasteiger charge is -2.31. The standard InChI is InChI=1S/C17H23N5O/c1-20-17(23)22(15-4-5-15)16(19-20)14-6-9-21(10-7-14)12-13-3-2-8-18-11-13/h2-3,8,11,14-15H,4-7,9-10,12H2,1H3. The monoisotopic (exact) mass is 313 g/mol. The molecule has 1 aliphatic carbocycles. The van der Waals surface area contributed by atoms with E-state index in [1.807, 2.05) is 23.0 Å². The molecule has 0 radical (unpaired) electrons. The highest BCUT2D eigenvalue weighted by Gasteiger charge is 2.33. The first-order valence-corrected chi connectivity index (χ1v) is 8.49. The van der Waals surface area contributed by atoms with E-state index in [4.69, 9.17) is 0 Å². The number of nitrogens with zero attached hydrogens (tertiary/aromatic N) is 5. The van der Waals surface area contributed by atoms with Crippen molar-refractivity contribution in [3.63, 3.8) is 0 Å². The Labute approximate surface area is 135 Å². The van der Waals surface area contributed by atoms with Crippen LogP contribution >= 0.6 is 0 Å². The molecule has 2 aliphatic rings. The van der Waals surface area contributed by atoms with E-state index in [9.17, 15) is 4.79 Å². The van der Waals surface area contributed by atoms with Crippen LogP contribution in [0.5, 0.6) is 0 Å². The van der Waals surface area contributed by atoms with Crippen molar-refractivity contribution in [3.8, 4) is 0 Å². The van der Waals surface area contributed by atoms with Crippen LogP contribution in [-0.2, 0) is 13.6 Å². The van der Waals surface area contributed by atoms with Gasteiger partial charge in [-0.25, -0.2) is 9.48 Å². The van der Waals surface area contributed by atoms with Crippen LogP contribution in [0.2, 0.25) is 0 Å². The van der Waals surface area contributed by atoms with E-state index in [1.54, 1.807) is 7.05 Å². The van der Waals surface area contributed by atoms with Crippen molar-refractivity contribution in [1.29, 1.82) is 0 Å². The Morgan fingerprint density at radius 2 is 2.00 bits per heavy atom. The predicted octanol–water partition coefficient (Wildman–Crippen LogP) is 1.69. The van der Waals surface area contributed by atoms with Crippen molar-refractivity contribution in [2.75, 3.05) is 13.1 Å². The smallest absolute Gasteiger partial charge is 0.299 e. The number of rotatable bonds is 4. The van der Waals surface area contributed by atoms with Crippen molar-refractivity contribution in [2.45, 2.75) is 44.2 Å². The Hall–Kier alpha value is -1.95. The van der Waals surface area contributed by atoms with Gasteiger partial charge in [0.15, 0.2) is 0 Å². The van der Waals surface area contributed by atoms with Gasteiger partial charge >= 0.3 is 5.69 Å². The van der Waals surface area contributed by atoms with Crippen molar-refractivity contribution >= 4 is 0 Å². The zero-order chi connectivity index (χ0) is 15.8. The molecule has 4 rings (SSSR count). The van der Waals surface area contributed by atoms with Crippen molar-refractivity contribution in [3.05, 3.63) is 46.4 Å². The van der Waals surface area contributed by atoms with Gasteiger partial charge < -0.3 is 0 Å². The molecule has 1 saturated carbocycles. The topological polar surface area (TPSA) is 56.0 Å². The summed E-state index contributed by atoms with van der Waals surface area (Å²) in [6.45, 7) is 3.06. The van der Waals surface area contributed by atoms with Gasteiger partial charge in [-0.3, -0.25) is 14.5 Å². The fourth-order valence-corrected chi connectivity index (χ4v) is 3.55. The average molecular weight is 313 g/mol. The lowest BCUT2D eigenvalue weighted by Crippen LogP contribution is -2.33. The van der Waals surface area contributed by atoms with Crippen molar-refractivity contribution < 1.29 is 0 Å². The lowest BCUT2D eigenvalue weighted by atomic mass is 9.95. The highest BCUT2D eigenvalue weighted by atomic mass is 16.2. The quantitative estimate of drug-likeness (QED) is 0.862. The van der Waals surface area contributed by atoms with Gasteiger partial charge in [-0.15, -0.1) is 0 Å². The van der Waals surface area contributed by atoms with Crippen LogP contribution in [0.15, 0.2) is 29.3 Å². The third kappa shape index (κ3) is 2.95. The largest absolute Gasteiger partial charge is 0.345 e. The Balaban J connectivity index is 1.44. The van der Waals surface area contributed by atoms with Gasteiger partial charge in [-0.05, 0) is 50.4 Å². The first-order valence-electron chi connectivity index (χ1n) is 8.49. The summed E-state index contributed by atoms with van der Waals surface area (Å²) >= 11 is 0. The van der Waals surface area contributed by atoms with Crippen LogP contribution in [0.3, 0.4) is 0 Å². The van der Waals surface area contributed by atoms with Gasteiger partial charge in [0.1, 0.15) is 5.82 Å². The van der Waals surface area contributed by atoms with Crippen molar-refractivity contribution in [2.24, 2.45) is 7.05 Å². The molecule has 23 heavy (non-hydrogen) atoms. The maximum absolute atomic E-state index is 12.3. The fraction of sp³-hybridized carbons (Fsp3) is 0.588. The molecule has 0 amide bonds. The molecule has 2 fully saturated rings. The van der Waals surface area contributed by atoms with E-state index in [2.05, 4.69) is 21.0 Å². The van der Waals surface area contributed by atoms with Gasteiger partial charge in [0, 0.05) is 37.9 Å². The average Bonchev–Trinajstić information content (AvgIpc) is 3.36. The Bertz CT molecular complexity index is 723.